The van der Waals surface area contributed by atoms with Crippen LogP contribution in [0.5, 0.6) is 5.75 Å². The SMILES string of the molecule is CCC1CCC(Oc2ccccc2F)CC1. The van der Waals surface area contributed by atoms with Crippen LogP contribution in [0.25, 0.3) is 0 Å². The van der Waals surface area contributed by atoms with E-state index in [4.69, 9.17) is 4.74 Å². The third kappa shape index (κ3) is 2.75. The molecule has 2 rings (SSSR count). The van der Waals surface area contributed by atoms with E-state index in [1.807, 2.05) is 6.07 Å². The summed E-state index contributed by atoms with van der Waals surface area (Å²) in [5.41, 5.74) is 0. The quantitative estimate of drug-likeness (QED) is 0.745. The number of para-hydroxylation sites is 1. The van der Waals surface area contributed by atoms with Crippen LogP contribution in [-0.4, -0.2) is 6.10 Å². The van der Waals surface area contributed by atoms with Gasteiger partial charge in [0.05, 0.1) is 6.10 Å². The first-order valence-corrected chi connectivity index (χ1v) is 6.20. The summed E-state index contributed by atoms with van der Waals surface area (Å²) in [6.45, 7) is 2.24. The Morgan fingerprint density at radius 2 is 1.88 bits per heavy atom. The normalized spacial score (nSPS) is 25.4. The van der Waals surface area contributed by atoms with Crippen molar-refractivity contribution in [2.24, 2.45) is 5.92 Å². The highest BCUT2D eigenvalue weighted by atomic mass is 19.1. The molecule has 0 radical (unpaired) electrons. The lowest BCUT2D eigenvalue weighted by atomic mass is 9.86. The van der Waals surface area contributed by atoms with Crippen molar-refractivity contribution in [1.82, 2.24) is 0 Å². The van der Waals surface area contributed by atoms with Gasteiger partial charge in [0.15, 0.2) is 11.6 Å². The molecular formula is C14H19FO. The number of benzene rings is 1. The van der Waals surface area contributed by atoms with Crippen LogP contribution in [0.2, 0.25) is 0 Å². The van der Waals surface area contributed by atoms with Crippen LogP contribution in [0.4, 0.5) is 4.39 Å². The van der Waals surface area contributed by atoms with E-state index >= 15 is 0 Å². The van der Waals surface area contributed by atoms with Crippen molar-refractivity contribution in [2.45, 2.75) is 45.1 Å². The molecule has 0 amide bonds. The van der Waals surface area contributed by atoms with Crippen LogP contribution in [-0.2, 0) is 0 Å². The molecule has 0 aliphatic heterocycles. The highest BCUT2D eigenvalue weighted by Crippen LogP contribution is 2.29. The molecule has 1 aromatic carbocycles. The summed E-state index contributed by atoms with van der Waals surface area (Å²) >= 11 is 0. The second kappa shape index (κ2) is 5.33. The molecule has 0 N–H and O–H groups in total. The molecule has 1 saturated carbocycles. The molecule has 1 aliphatic rings. The minimum atomic E-state index is -0.250. The molecule has 0 unspecified atom stereocenters. The Balaban J connectivity index is 1.89. The molecule has 0 heterocycles. The Morgan fingerprint density at radius 3 is 2.50 bits per heavy atom. The van der Waals surface area contributed by atoms with Gasteiger partial charge in [0.2, 0.25) is 0 Å². The lowest BCUT2D eigenvalue weighted by Gasteiger charge is -2.28. The van der Waals surface area contributed by atoms with Gasteiger partial charge in [-0.05, 0) is 43.7 Å². The van der Waals surface area contributed by atoms with Crippen LogP contribution < -0.4 is 4.74 Å². The van der Waals surface area contributed by atoms with Gasteiger partial charge in [0.25, 0.3) is 0 Å². The first-order valence-electron chi connectivity index (χ1n) is 6.20. The van der Waals surface area contributed by atoms with E-state index in [1.54, 1.807) is 12.1 Å². The van der Waals surface area contributed by atoms with Crippen molar-refractivity contribution in [3.8, 4) is 5.75 Å². The lowest BCUT2D eigenvalue weighted by Crippen LogP contribution is -2.24. The second-order valence-electron chi connectivity index (χ2n) is 4.60. The molecule has 1 aromatic rings. The first-order chi connectivity index (χ1) is 7.79. The van der Waals surface area contributed by atoms with E-state index in [9.17, 15) is 4.39 Å². The summed E-state index contributed by atoms with van der Waals surface area (Å²) in [7, 11) is 0. The fraction of sp³-hybridized carbons (Fsp3) is 0.571. The maximum atomic E-state index is 13.4. The topological polar surface area (TPSA) is 9.23 Å². The number of hydrogen-bond acceptors (Lipinski definition) is 1. The lowest BCUT2D eigenvalue weighted by molar-refractivity contribution is 0.125. The number of rotatable bonds is 3. The maximum absolute atomic E-state index is 13.4. The zero-order valence-corrected chi connectivity index (χ0v) is 9.79. The van der Waals surface area contributed by atoms with Gasteiger partial charge in [-0.3, -0.25) is 0 Å². The van der Waals surface area contributed by atoms with Gasteiger partial charge in [-0.15, -0.1) is 0 Å². The van der Waals surface area contributed by atoms with E-state index < -0.39 is 0 Å². The smallest absolute Gasteiger partial charge is 0.165 e. The summed E-state index contributed by atoms with van der Waals surface area (Å²) in [5, 5.41) is 0. The summed E-state index contributed by atoms with van der Waals surface area (Å²) in [4.78, 5) is 0. The first kappa shape index (κ1) is 11.4. The third-order valence-corrected chi connectivity index (χ3v) is 3.50. The summed E-state index contributed by atoms with van der Waals surface area (Å²) in [6.07, 6.45) is 6.02. The summed E-state index contributed by atoms with van der Waals surface area (Å²) in [5.74, 6) is 1.00. The third-order valence-electron chi connectivity index (χ3n) is 3.50. The standard InChI is InChI=1S/C14H19FO/c1-2-11-7-9-12(10-8-11)16-14-6-4-3-5-13(14)15/h3-6,11-12H,2,7-10H2,1H3. The van der Waals surface area contributed by atoms with Crippen molar-refractivity contribution in [1.29, 1.82) is 0 Å². The van der Waals surface area contributed by atoms with Gasteiger partial charge in [0, 0.05) is 0 Å². The van der Waals surface area contributed by atoms with Gasteiger partial charge >= 0.3 is 0 Å². The summed E-state index contributed by atoms with van der Waals surface area (Å²) in [6, 6.07) is 6.67. The largest absolute Gasteiger partial charge is 0.487 e. The Bertz CT molecular complexity index is 329. The predicted octanol–water partition coefficient (Wildman–Crippen LogP) is 4.17. The highest BCUT2D eigenvalue weighted by Gasteiger charge is 2.21. The molecule has 1 fully saturated rings. The second-order valence-corrected chi connectivity index (χ2v) is 4.60. The minimum absolute atomic E-state index is 0.208. The fourth-order valence-corrected chi connectivity index (χ4v) is 2.38. The molecule has 16 heavy (non-hydrogen) atoms. The Morgan fingerprint density at radius 1 is 1.19 bits per heavy atom. The Kier molecular flexibility index (Phi) is 3.81. The van der Waals surface area contributed by atoms with Crippen LogP contribution in [0.3, 0.4) is 0 Å². The predicted molar refractivity (Wildman–Crippen MR) is 63.1 cm³/mol. The molecule has 0 spiro atoms. The molecule has 0 atom stereocenters. The van der Waals surface area contributed by atoms with E-state index in [1.165, 1.54) is 25.3 Å². The average molecular weight is 222 g/mol. The summed E-state index contributed by atoms with van der Waals surface area (Å²) < 4.78 is 19.1. The van der Waals surface area contributed by atoms with Crippen LogP contribution in [0.15, 0.2) is 24.3 Å². The van der Waals surface area contributed by atoms with E-state index in [2.05, 4.69) is 6.92 Å². The number of halogens is 1. The van der Waals surface area contributed by atoms with Gasteiger partial charge in [-0.1, -0.05) is 25.5 Å². The molecule has 0 bridgehead atoms. The van der Waals surface area contributed by atoms with Crippen LogP contribution in [0.1, 0.15) is 39.0 Å². The molecule has 88 valence electrons. The van der Waals surface area contributed by atoms with E-state index in [-0.39, 0.29) is 11.9 Å². The Hall–Kier alpha value is -1.05. The zero-order valence-electron chi connectivity index (χ0n) is 9.79. The van der Waals surface area contributed by atoms with Crippen molar-refractivity contribution in [2.75, 3.05) is 0 Å². The monoisotopic (exact) mass is 222 g/mol. The van der Waals surface area contributed by atoms with E-state index in [0.717, 1.165) is 18.8 Å². The number of ether oxygens (including phenoxy) is 1. The fourth-order valence-electron chi connectivity index (χ4n) is 2.38. The van der Waals surface area contributed by atoms with Gasteiger partial charge in [0.1, 0.15) is 0 Å². The Labute approximate surface area is 96.6 Å². The van der Waals surface area contributed by atoms with E-state index in [0.29, 0.717) is 5.75 Å². The molecular weight excluding hydrogens is 203 g/mol. The molecule has 0 saturated heterocycles. The number of hydrogen-bond donors (Lipinski definition) is 0. The van der Waals surface area contributed by atoms with Gasteiger partial charge < -0.3 is 4.74 Å². The minimum Gasteiger partial charge on any atom is -0.487 e. The van der Waals surface area contributed by atoms with Gasteiger partial charge in [-0.2, -0.15) is 0 Å². The van der Waals surface area contributed by atoms with Crippen molar-refractivity contribution < 1.29 is 9.13 Å². The molecule has 0 aromatic heterocycles. The molecule has 1 aliphatic carbocycles. The molecule has 2 heteroatoms. The van der Waals surface area contributed by atoms with Crippen LogP contribution in [0, 0.1) is 11.7 Å². The van der Waals surface area contributed by atoms with Crippen LogP contribution >= 0.6 is 0 Å². The van der Waals surface area contributed by atoms with Crippen molar-refractivity contribution >= 4 is 0 Å². The van der Waals surface area contributed by atoms with Gasteiger partial charge in [-0.25, -0.2) is 4.39 Å². The zero-order chi connectivity index (χ0) is 11.4. The molecule has 1 nitrogen and oxygen atoms in total. The van der Waals surface area contributed by atoms with Crippen molar-refractivity contribution in [3.63, 3.8) is 0 Å². The average Bonchev–Trinajstić information content (AvgIpc) is 2.33. The highest BCUT2D eigenvalue weighted by molar-refractivity contribution is 5.23. The maximum Gasteiger partial charge on any atom is 0.165 e. The van der Waals surface area contributed by atoms with Crippen molar-refractivity contribution in [3.05, 3.63) is 30.1 Å².